The third-order valence-corrected chi connectivity index (χ3v) is 8.05. The summed E-state index contributed by atoms with van der Waals surface area (Å²) in [4.78, 5) is 14.9. The van der Waals surface area contributed by atoms with Crippen LogP contribution in [0.4, 0.5) is 0 Å². The first-order valence-electron chi connectivity index (χ1n) is 10.00. The van der Waals surface area contributed by atoms with Crippen LogP contribution < -0.4 is 0 Å². The molecule has 2 heterocycles. The third-order valence-electron chi connectivity index (χ3n) is 6.30. The van der Waals surface area contributed by atoms with Gasteiger partial charge in [0.05, 0.1) is 18.1 Å². The maximum absolute atomic E-state index is 13.0. The lowest BCUT2D eigenvalue weighted by Gasteiger charge is -2.22. The number of carbonyl (C=O) groups excluding carboxylic acids is 1. The van der Waals surface area contributed by atoms with Gasteiger partial charge in [0.15, 0.2) is 15.6 Å². The Balaban J connectivity index is 1.56. The van der Waals surface area contributed by atoms with E-state index in [9.17, 15) is 13.2 Å². The van der Waals surface area contributed by atoms with E-state index in [0.717, 1.165) is 35.5 Å². The average Bonchev–Trinajstić information content (AvgIpc) is 3.31. The Hall–Kier alpha value is -1.92. The molecule has 1 saturated heterocycles. The van der Waals surface area contributed by atoms with Crippen molar-refractivity contribution in [2.24, 2.45) is 0 Å². The Bertz CT molecular complexity index is 1040. The quantitative estimate of drug-likeness (QED) is 0.724. The van der Waals surface area contributed by atoms with Crippen molar-refractivity contribution < 1.29 is 13.2 Å². The maximum atomic E-state index is 13.0. The van der Waals surface area contributed by atoms with Gasteiger partial charge in [-0.2, -0.15) is 0 Å². The first-order valence-corrected chi connectivity index (χ1v) is 11.8. The largest absolute Gasteiger partial charge is 0.318 e. The Morgan fingerprint density at radius 3 is 2.64 bits per heavy atom. The van der Waals surface area contributed by atoms with Crippen LogP contribution in [0.25, 0.3) is 5.69 Å². The van der Waals surface area contributed by atoms with Gasteiger partial charge in [0, 0.05) is 28.7 Å². The number of rotatable bonds is 5. The number of likely N-dealkylation sites (N-methyl/N-ethyl adjacent to an activating group) is 1. The van der Waals surface area contributed by atoms with E-state index in [4.69, 9.17) is 0 Å². The first-order chi connectivity index (χ1) is 13.2. The van der Waals surface area contributed by atoms with Gasteiger partial charge in [-0.3, -0.25) is 9.69 Å². The van der Waals surface area contributed by atoms with Crippen molar-refractivity contribution in [3.05, 3.63) is 52.3 Å². The van der Waals surface area contributed by atoms with Gasteiger partial charge in [-0.15, -0.1) is 0 Å². The summed E-state index contributed by atoms with van der Waals surface area (Å²) in [6, 6.07) is 8.52. The zero-order valence-corrected chi connectivity index (χ0v) is 17.7. The van der Waals surface area contributed by atoms with Crippen molar-refractivity contribution in [3.8, 4) is 5.69 Å². The molecule has 28 heavy (non-hydrogen) atoms. The Morgan fingerprint density at radius 1 is 1.18 bits per heavy atom. The molecule has 0 saturated carbocycles. The van der Waals surface area contributed by atoms with Gasteiger partial charge >= 0.3 is 0 Å². The molecule has 150 valence electrons. The number of nitrogens with zero attached hydrogens (tertiary/aromatic N) is 2. The van der Waals surface area contributed by atoms with Crippen LogP contribution in [0.5, 0.6) is 0 Å². The van der Waals surface area contributed by atoms with Crippen LogP contribution in [0.1, 0.15) is 45.7 Å². The van der Waals surface area contributed by atoms with Gasteiger partial charge in [-0.25, -0.2) is 8.42 Å². The fourth-order valence-corrected chi connectivity index (χ4v) is 6.51. The normalized spacial score (nSPS) is 20.6. The summed E-state index contributed by atoms with van der Waals surface area (Å²) < 4.78 is 25.6. The number of Topliss-reactive ketones (excluding diaryl/α,β-unsaturated/α-hetero) is 1. The van der Waals surface area contributed by atoms with Crippen molar-refractivity contribution in [1.82, 2.24) is 9.47 Å². The van der Waals surface area contributed by atoms with Crippen LogP contribution in [-0.2, 0) is 22.7 Å². The smallest absolute Gasteiger partial charge is 0.178 e. The molecule has 5 nitrogen and oxygen atoms in total. The van der Waals surface area contributed by atoms with Crippen LogP contribution in [0, 0.1) is 13.8 Å². The molecule has 1 aromatic heterocycles. The Labute approximate surface area is 167 Å². The first kappa shape index (κ1) is 19.4. The number of aromatic nitrogens is 1. The highest BCUT2D eigenvalue weighted by Crippen LogP contribution is 2.28. The summed E-state index contributed by atoms with van der Waals surface area (Å²) in [5.74, 6) is 0.431. The Morgan fingerprint density at radius 2 is 1.93 bits per heavy atom. The van der Waals surface area contributed by atoms with Crippen molar-refractivity contribution >= 4 is 15.6 Å². The van der Waals surface area contributed by atoms with Gasteiger partial charge < -0.3 is 4.57 Å². The summed E-state index contributed by atoms with van der Waals surface area (Å²) in [5, 5.41) is 0. The summed E-state index contributed by atoms with van der Waals surface area (Å²) in [5.41, 5.74) is 6.70. The predicted octanol–water partition coefficient (Wildman–Crippen LogP) is 2.88. The van der Waals surface area contributed by atoms with E-state index < -0.39 is 9.84 Å². The van der Waals surface area contributed by atoms with Crippen molar-refractivity contribution in [2.75, 3.05) is 25.1 Å². The molecule has 0 bridgehead atoms. The standard InChI is InChI=1S/C22H28N2O3S/c1-15-11-21(22(25)13-23(3)20-9-10-28(26,27)14-20)16(2)24(15)19-8-7-17-5-4-6-18(17)12-19/h7-8,11-12,20H,4-6,9-10,13-14H2,1-3H3. The van der Waals surface area contributed by atoms with E-state index in [1.165, 1.54) is 17.5 Å². The summed E-state index contributed by atoms with van der Waals surface area (Å²) in [6.07, 6.45) is 4.12. The molecule has 1 aliphatic heterocycles. The highest BCUT2D eigenvalue weighted by Gasteiger charge is 2.31. The minimum absolute atomic E-state index is 0.0484. The van der Waals surface area contributed by atoms with Gasteiger partial charge in [-0.1, -0.05) is 6.07 Å². The zero-order chi connectivity index (χ0) is 20.1. The summed E-state index contributed by atoms with van der Waals surface area (Å²) >= 11 is 0. The third kappa shape index (κ3) is 3.55. The second kappa shape index (κ2) is 7.16. The number of hydrogen-bond acceptors (Lipinski definition) is 4. The van der Waals surface area contributed by atoms with E-state index in [1.807, 2.05) is 31.9 Å². The van der Waals surface area contributed by atoms with Crippen LogP contribution in [0.3, 0.4) is 0 Å². The maximum Gasteiger partial charge on any atom is 0.178 e. The zero-order valence-electron chi connectivity index (χ0n) is 16.9. The summed E-state index contributed by atoms with van der Waals surface area (Å²) in [7, 11) is -1.10. The van der Waals surface area contributed by atoms with E-state index in [-0.39, 0.29) is 29.9 Å². The Kier molecular flexibility index (Phi) is 4.96. The topological polar surface area (TPSA) is 59.4 Å². The van der Waals surface area contributed by atoms with Gasteiger partial charge in [-0.05, 0) is 75.9 Å². The minimum Gasteiger partial charge on any atom is -0.318 e. The fourth-order valence-electron chi connectivity index (χ4n) is 4.70. The molecular weight excluding hydrogens is 372 g/mol. The lowest BCUT2D eigenvalue weighted by Crippen LogP contribution is -2.36. The molecular formula is C22H28N2O3S. The highest BCUT2D eigenvalue weighted by molar-refractivity contribution is 7.91. The number of hydrogen-bond donors (Lipinski definition) is 0. The van der Waals surface area contributed by atoms with Gasteiger partial charge in [0.2, 0.25) is 0 Å². The van der Waals surface area contributed by atoms with Crippen LogP contribution in [-0.4, -0.2) is 54.8 Å². The molecule has 1 atom stereocenters. The molecule has 1 aliphatic carbocycles. The average molecular weight is 401 g/mol. The van der Waals surface area contributed by atoms with Crippen LogP contribution in [0.15, 0.2) is 24.3 Å². The molecule has 4 rings (SSSR count). The second-order valence-electron chi connectivity index (χ2n) is 8.32. The van der Waals surface area contributed by atoms with E-state index in [0.29, 0.717) is 6.42 Å². The van der Waals surface area contributed by atoms with Gasteiger partial charge in [0.1, 0.15) is 0 Å². The van der Waals surface area contributed by atoms with Crippen molar-refractivity contribution in [3.63, 3.8) is 0 Å². The van der Waals surface area contributed by atoms with E-state index in [2.05, 4.69) is 22.8 Å². The molecule has 0 N–H and O–H groups in total. The van der Waals surface area contributed by atoms with Crippen molar-refractivity contribution in [1.29, 1.82) is 0 Å². The van der Waals surface area contributed by atoms with E-state index in [1.54, 1.807) is 0 Å². The molecule has 2 aliphatic rings. The molecule has 0 radical (unpaired) electrons. The summed E-state index contributed by atoms with van der Waals surface area (Å²) in [6.45, 7) is 4.27. The van der Waals surface area contributed by atoms with Crippen LogP contribution >= 0.6 is 0 Å². The number of aryl methyl sites for hydroxylation is 3. The lowest BCUT2D eigenvalue weighted by molar-refractivity contribution is 0.0926. The molecule has 2 aromatic rings. The number of sulfone groups is 1. The second-order valence-corrected chi connectivity index (χ2v) is 10.6. The molecule has 0 spiro atoms. The van der Waals surface area contributed by atoms with Crippen molar-refractivity contribution in [2.45, 2.75) is 45.6 Å². The molecule has 6 heteroatoms. The molecule has 1 unspecified atom stereocenters. The number of benzene rings is 1. The van der Waals surface area contributed by atoms with Gasteiger partial charge in [0.25, 0.3) is 0 Å². The lowest BCUT2D eigenvalue weighted by atomic mass is 10.1. The molecule has 1 aromatic carbocycles. The van der Waals surface area contributed by atoms with E-state index >= 15 is 0 Å². The minimum atomic E-state index is -2.95. The number of fused-ring (bicyclic) bond motifs is 1. The highest BCUT2D eigenvalue weighted by atomic mass is 32.2. The monoisotopic (exact) mass is 400 g/mol. The number of ketones is 1. The fraction of sp³-hybridized carbons (Fsp3) is 0.500. The van der Waals surface area contributed by atoms with Crippen LogP contribution in [0.2, 0.25) is 0 Å². The molecule has 0 amide bonds. The predicted molar refractivity (Wildman–Crippen MR) is 111 cm³/mol. The SMILES string of the molecule is Cc1cc(C(=O)CN(C)C2CCS(=O)(=O)C2)c(C)n1-c1ccc2c(c1)CCC2. The number of carbonyl (C=O) groups is 1. The molecule has 1 fully saturated rings.